The Hall–Kier alpha value is -1.40. The first kappa shape index (κ1) is 18.9. The van der Waals surface area contributed by atoms with Gasteiger partial charge in [-0.3, -0.25) is 9.69 Å². The zero-order valence-electron chi connectivity index (χ0n) is 15.5. The van der Waals surface area contributed by atoms with E-state index < -0.39 is 5.41 Å². The van der Waals surface area contributed by atoms with Gasteiger partial charge in [-0.25, -0.2) is 4.79 Å². The molecule has 0 bridgehead atoms. The molecule has 0 aromatic carbocycles. The van der Waals surface area contributed by atoms with E-state index in [1.165, 1.54) is 11.3 Å². The summed E-state index contributed by atoms with van der Waals surface area (Å²) in [6.07, 6.45) is 0.809. The number of hydrogen-bond acceptors (Lipinski definition) is 5. The molecule has 0 spiro atoms. The number of anilines is 1. The van der Waals surface area contributed by atoms with Gasteiger partial charge in [-0.2, -0.15) is 0 Å². The van der Waals surface area contributed by atoms with Gasteiger partial charge in [0.15, 0.2) is 0 Å². The van der Waals surface area contributed by atoms with Crippen molar-refractivity contribution in [1.82, 2.24) is 4.90 Å². The van der Waals surface area contributed by atoms with Crippen LogP contribution in [0.15, 0.2) is 0 Å². The second-order valence-electron chi connectivity index (χ2n) is 7.45. The number of nitrogens with one attached hydrogen (secondary N) is 1. The summed E-state index contributed by atoms with van der Waals surface area (Å²) in [4.78, 5) is 28.4. The molecule has 0 atom stereocenters. The molecule has 5 nitrogen and oxygen atoms in total. The lowest BCUT2D eigenvalue weighted by Crippen LogP contribution is -2.35. The van der Waals surface area contributed by atoms with Gasteiger partial charge in [-0.15, -0.1) is 11.3 Å². The Balaban J connectivity index is 2.39. The molecule has 1 N–H and O–H groups in total. The highest BCUT2D eigenvalue weighted by Gasteiger charge is 2.31. The molecular formula is C18H28N2O3S. The number of rotatable bonds is 4. The van der Waals surface area contributed by atoms with Crippen LogP contribution in [-0.2, 0) is 22.5 Å². The highest BCUT2D eigenvalue weighted by molar-refractivity contribution is 7.17. The van der Waals surface area contributed by atoms with Crippen LogP contribution in [0.25, 0.3) is 0 Å². The maximum absolute atomic E-state index is 12.5. The average molecular weight is 353 g/mol. The third kappa shape index (κ3) is 3.98. The number of amides is 1. The first-order chi connectivity index (χ1) is 11.1. The van der Waals surface area contributed by atoms with E-state index in [4.69, 9.17) is 4.74 Å². The fourth-order valence-electron chi connectivity index (χ4n) is 2.66. The predicted molar refractivity (Wildman–Crippen MR) is 97.6 cm³/mol. The van der Waals surface area contributed by atoms with Crippen molar-refractivity contribution >= 4 is 28.2 Å². The zero-order valence-corrected chi connectivity index (χ0v) is 16.3. The molecule has 1 aromatic rings. The van der Waals surface area contributed by atoms with Crippen molar-refractivity contribution < 1.29 is 14.3 Å². The Kier molecular flexibility index (Phi) is 5.71. The smallest absolute Gasteiger partial charge is 0.341 e. The summed E-state index contributed by atoms with van der Waals surface area (Å²) < 4.78 is 5.24. The molecule has 0 unspecified atom stereocenters. The molecular weight excluding hydrogens is 324 g/mol. The van der Waals surface area contributed by atoms with Crippen molar-refractivity contribution in [2.75, 3.05) is 18.5 Å². The van der Waals surface area contributed by atoms with Crippen molar-refractivity contribution in [2.24, 2.45) is 5.41 Å². The Morgan fingerprint density at radius 3 is 2.54 bits per heavy atom. The molecule has 0 saturated heterocycles. The van der Waals surface area contributed by atoms with Crippen LogP contribution in [0.5, 0.6) is 0 Å². The van der Waals surface area contributed by atoms with Crippen LogP contribution >= 0.6 is 11.3 Å². The molecule has 2 rings (SSSR count). The van der Waals surface area contributed by atoms with E-state index in [0.717, 1.165) is 30.0 Å². The lowest BCUT2D eigenvalue weighted by atomic mass is 9.95. The Morgan fingerprint density at radius 1 is 1.33 bits per heavy atom. The van der Waals surface area contributed by atoms with Gasteiger partial charge in [0.25, 0.3) is 0 Å². The minimum Gasteiger partial charge on any atom is -0.462 e. The van der Waals surface area contributed by atoms with Gasteiger partial charge in [0.2, 0.25) is 5.91 Å². The molecule has 24 heavy (non-hydrogen) atoms. The van der Waals surface area contributed by atoms with E-state index >= 15 is 0 Å². The number of thiophene rings is 1. The summed E-state index contributed by atoms with van der Waals surface area (Å²) in [7, 11) is 0. The topological polar surface area (TPSA) is 58.6 Å². The van der Waals surface area contributed by atoms with Gasteiger partial charge in [-0.05, 0) is 32.8 Å². The van der Waals surface area contributed by atoms with Crippen LogP contribution < -0.4 is 5.32 Å². The summed E-state index contributed by atoms with van der Waals surface area (Å²) in [5.41, 5.74) is 1.08. The summed E-state index contributed by atoms with van der Waals surface area (Å²) in [5, 5.41) is 3.58. The van der Waals surface area contributed by atoms with Crippen LogP contribution in [0.4, 0.5) is 5.00 Å². The van der Waals surface area contributed by atoms with Crippen molar-refractivity contribution in [3.05, 3.63) is 16.0 Å². The summed E-state index contributed by atoms with van der Waals surface area (Å²) >= 11 is 1.51. The molecule has 0 radical (unpaired) electrons. The number of carbonyl (C=O) groups excluding carboxylic acids is 2. The highest BCUT2D eigenvalue weighted by Crippen LogP contribution is 2.38. The standard InChI is InChI=1S/C18H28N2O3S/c1-7-23-16(21)14-12-8-9-20(11(2)3)10-13(12)24-15(14)19-17(22)18(4,5)6/h11H,7-10H2,1-6H3,(H,19,22). The normalized spacial score (nSPS) is 15.3. The van der Waals surface area contributed by atoms with Gasteiger partial charge in [0.1, 0.15) is 5.00 Å². The summed E-state index contributed by atoms with van der Waals surface area (Å²) in [5.74, 6) is -0.426. The van der Waals surface area contributed by atoms with E-state index in [0.29, 0.717) is 23.2 Å². The van der Waals surface area contributed by atoms with Gasteiger partial charge in [0.05, 0.1) is 12.2 Å². The number of nitrogens with zero attached hydrogens (tertiary/aromatic N) is 1. The fourth-order valence-corrected chi connectivity index (χ4v) is 3.92. The van der Waals surface area contributed by atoms with Gasteiger partial charge in [-0.1, -0.05) is 20.8 Å². The van der Waals surface area contributed by atoms with Gasteiger partial charge in [0, 0.05) is 29.4 Å². The molecule has 1 aliphatic heterocycles. The minimum atomic E-state index is -0.513. The maximum atomic E-state index is 12.5. The Morgan fingerprint density at radius 2 is 2.00 bits per heavy atom. The monoisotopic (exact) mass is 352 g/mol. The van der Waals surface area contributed by atoms with E-state index in [1.807, 2.05) is 20.8 Å². The third-order valence-corrected chi connectivity index (χ3v) is 5.34. The Labute approximate surface area is 148 Å². The van der Waals surface area contributed by atoms with Crippen LogP contribution in [0.1, 0.15) is 62.3 Å². The van der Waals surface area contributed by atoms with Crippen LogP contribution in [0.2, 0.25) is 0 Å². The number of carbonyl (C=O) groups is 2. The fraction of sp³-hybridized carbons (Fsp3) is 0.667. The van der Waals surface area contributed by atoms with Crippen LogP contribution in [0.3, 0.4) is 0 Å². The lowest BCUT2D eigenvalue weighted by molar-refractivity contribution is -0.123. The molecule has 1 aliphatic rings. The lowest BCUT2D eigenvalue weighted by Gasteiger charge is -2.30. The zero-order chi connectivity index (χ0) is 18.1. The molecule has 0 fully saturated rings. The largest absolute Gasteiger partial charge is 0.462 e. The minimum absolute atomic E-state index is 0.0904. The first-order valence-corrected chi connectivity index (χ1v) is 9.34. The van der Waals surface area contributed by atoms with Crippen molar-refractivity contribution in [3.63, 3.8) is 0 Å². The van der Waals surface area contributed by atoms with Crippen molar-refractivity contribution in [3.8, 4) is 0 Å². The average Bonchev–Trinajstić information content (AvgIpc) is 2.83. The van der Waals surface area contributed by atoms with Crippen LogP contribution in [0, 0.1) is 5.41 Å². The number of esters is 1. The van der Waals surface area contributed by atoms with E-state index in [1.54, 1.807) is 6.92 Å². The molecule has 0 aliphatic carbocycles. The molecule has 1 amide bonds. The van der Waals surface area contributed by atoms with Gasteiger partial charge >= 0.3 is 5.97 Å². The second kappa shape index (κ2) is 7.23. The first-order valence-electron chi connectivity index (χ1n) is 8.52. The maximum Gasteiger partial charge on any atom is 0.341 e. The summed E-state index contributed by atoms with van der Waals surface area (Å²) in [6, 6.07) is 0.457. The Bertz CT molecular complexity index is 629. The number of hydrogen-bond donors (Lipinski definition) is 1. The molecule has 6 heteroatoms. The van der Waals surface area contributed by atoms with Gasteiger partial charge < -0.3 is 10.1 Å². The number of ether oxygens (including phenoxy) is 1. The molecule has 0 saturated carbocycles. The summed E-state index contributed by atoms with van der Waals surface area (Å²) in [6.45, 7) is 13.8. The third-order valence-electron chi connectivity index (χ3n) is 4.20. The van der Waals surface area contributed by atoms with E-state index in [2.05, 4.69) is 24.1 Å². The predicted octanol–water partition coefficient (Wildman–Crippen LogP) is 3.68. The highest BCUT2D eigenvalue weighted by atomic mass is 32.1. The SMILES string of the molecule is CCOC(=O)c1c(NC(=O)C(C)(C)C)sc2c1CCN(C(C)C)C2. The second-order valence-corrected chi connectivity index (χ2v) is 8.55. The van der Waals surface area contributed by atoms with E-state index in [9.17, 15) is 9.59 Å². The molecule has 2 heterocycles. The van der Waals surface area contributed by atoms with Crippen LogP contribution in [-0.4, -0.2) is 36.0 Å². The quantitative estimate of drug-likeness (QED) is 0.840. The van der Waals surface area contributed by atoms with E-state index in [-0.39, 0.29) is 11.9 Å². The van der Waals surface area contributed by atoms with Crippen molar-refractivity contribution in [1.29, 1.82) is 0 Å². The molecule has 1 aromatic heterocycles. The number of fused-ring (bicyclic) bond motifs is 1. The van der Waals surface area contributed by atoms with Crippen molar-refractivity contribution in [2.45, 2.75) is 60.5 Å². The molecule has 134 valence electrons.